The van der Waals surface area contributed by atoms with Crippen LogP contribution in [0.3, 0.4) is 0 Å². The van der Waals surface area contributed by atoms with Crippen LogP contribution < -0.4 is 11.5 Å². The normalized spacial score (nSPS) is 9.47. The first-order valence-electron chi connectivity index (χ1n) is 8.23. The predicted molar refractivity (Wildman–Crippen MR) is 84.9 cm³/mol. The van der Waals surface area contributed by atoms with Gasteiger partial charge >= 0.3 is 0 Å². The van der Waals surface area contributed by atoms with Crippen LogP contribution in [0.1, 0.15) is 90.9 Å². The molecule has 0 aromatic heterocycles. The Hall–Kier alpha value is 0.439. The van der Waals surface area contributed by atoms with Crippen molar-refractivity contribution in [1.29, 1.82) is 0 Å². The van der Waals surface area contributed by atoms with Crippen molar-refractivity contribution in [3.63, 3.8) is 0 Å². The van der Waals surface area contributed by atoms with Gasteiger partial charge in [-0.3, -0.25) is 0 Å². The molecule has 0 aromatic carbocycles. The van der Waals surface area contributed by atoms with Gasteiger partial charge in [0.1, 0.15) is 0 Å². The smallest absolute Gasteiger partial charge is 0 e. The largest absolute Gasteiger partial charge is 0.330 e. The zero-order chi connectivity index (χ0) is 13.9. The predicted octanol–water partition coefficient (Wildman–Crippen LogP) is 4.61. The Morgan fingerprint density at radius 3 is 1.00 bits per heavy atom. The summed E-state index contributed by atoms with van der Waals surface area (Å²) in [6.07, 6.45) is 16.1. The number of hydrogen-bond acceptors (Lipinski definition) is 2. The zero-order valence-corrected chi connectivity index (χ0v) is 14.3. The van der Waals surface area contributed by atoms with E-state index in [1.165, 1.54) is 77.0 Å². The second-order valence-corrected chi connectivity index (χ2v) is 5.11. The van der Waals surface area contributed by atoms with Crippen LogP contribution in [-0.4, -0.2) is 13.1 Å². The molecule has 0 aliphatic rings. The molecule has 2 nitrogen and oxygen atoms in total. The van der Waals surface area contributed by atoms with Crippen molar-refractivity contribution in [2.24, 2.45) is 11.5 Å². The summed E-state index contributed by atoms with van der Waals surface area (Å²) in [5.41, 5.74) is 10.7. The van der Waals surface area contributed by atoms with E-state index in [0.29, 0.717) is 0 Å². The Balaban J connectivity index is -0.000000256. The number of nitrogens with two attached hydrogens (primary N) is 2. The maximum atomic E-state index is 5.34. The van der Waals surface area contributed by atoms with E-state index in [4.69, 9.17) is 11.5 Å². The van der Waals surface area contributed by atoms with Crippen molar-refractivity contribution in [2.75, 3.05) is 13.1 Å². The Morgan fingerprint density at radius 1 is 0.474 bits per heavy atom. The van der Waals surface area contributed by atoms with Gasteiger partial charge in [-0.2, -0.15) is 0 Å². The first kappa shape index (κ1) is 24.5. The van der Waals surface area contributed by atoms with E-state index in [1.807, 2.05) is 0 Å². The Morgan fingerprint density at radius 2 is 0.737 bits per heavy atom. The molecule has 123 valence electrons. The average Bonchev–Trinajstić information content (AvgIpc) is 2.39. The van der Waals surface area contributed by atoms with Gasteiger partial charge in [-0.15, -0.1) is 0 Å². The number of unbranched alkanes of at least 4 members (excludes halogenated alkanes) is 10. The maximum absolute atomic E-state index is 5.34. The summed E-state index contributed by atoms with van der Waals surface area (Å²) in [5.74, 6) is 0. The van der Waals surface area contributed by atoms with E-state index in [1.54, 1.807) is 0 Å². The molecule has 0 amide bonds. The van der Waals surface area contributed by atoms with Crippen LogP contribution in [0, 0.1) is 0 Å². The molecule has 0 aliphatic heterocycles. The van der Waals surface area contributed by atoms with Gasteiger partial charge in [0.2, 0.25) is 0 Å². The Bertz CT molecular complexity index is 95.3. The second-order valence-electron chi connectivity index (χ2n) is 5.11. The van der Waals surface area contributed by atoms with E-state index >= 15 is 0 Å². The summed E-state index contributed by atoms with van der Waals surface area (Å²) in [5, 5.41) is 0. The molecule has 0 rings (SSSR count). The van der Waals surface area contributed by atoms with Gasteiger partial charge in [-0.25, -0.2) is 0 Å². The molecule has 0 saturated heterocycles. The van der Waals surface area contributed by atoms with Crippen molar-refractivity contribution < 1.29 is 17.1 Å². The van der Waals surface area contributed by atoms with Crippen LogP contribution in [0.5, 0.6) is 0 Å². The van der Waals surface area contributed by atoms with E-state index in [2.05, 4.69) is 13.8 Å². The monoisotopic (exact) mass is 321 g/mol. The molecule has 0 aliphatic carbocycles. The van der Waals surface area contributed by atoms with E-state index in [0.717, 1.165) is 13.1 Å². The number of hydrogen-bond donors (Lipinski definition) is 2. The van der Waals surface area contributed by atoms with Crippen LogP contribution in [0.25, 0.3) is 0 Å². The van der Waals surface area contributed by atoms with Gasteiger partial charge in [-0.1, -0.05) is 78.1 Å². The number of rotatable bonds is 12. The van der Waals surface area contributed by atoms with Crippen molar-refractivity contribution in [3.8, 4) is 0 Å². The minimum absolute atomic E-state index is 0. The van der Waals surface area contributed by atoms with Crippen LogP contribution in [0.2, 0.25) is 0 Å². The minimum Gasteiger partial charge on any atom is -0.330 e. The quantitative estimate of drug-likeness (QED) is 0.407. The zero-order valence-electron chi connectivity index (χ0n) is 13.4. The van der Waals surface area contributed by atoms with Gasteiger partial charge in [0, 0.05) is 17.1 Å². The third-order valence-electron chi connectivity index (χ3n) is 3.12. The first-order valence-corrected chi connectivity index (χ1v) is 8.23. The topological polar surface area (TPSA) is 52.0 Å². The van der Waals surface area contributed by atoms with Gasteiger partial charge in [0.15, 0.2) is 0 Å². The summed E-state index contributed by atoms with van der Waals surface area (Å²) in [6.45, 7) is 6.21. The Kier molecular flexibility index (Phi) is 34.6. The van der Waals surface area contributed by atoms with E-state index in [-0.39, 0.29) is 17.1 Å². The molecule has 0 unspecified atom stereocenters. The fourth-order valence-corrected chi connectivity index (χ4v) is 1.85. The van der Waals surface area contributed by atoms with Gasteiger partial charge < -0.3 is 11.5 Å². The molecule has 0 atom stereocenters. The van der Waals surface area contributed by atoms with Crippen molar-refractivity contribution in [2.45, 2.75) is 90.9 Å². The van der Waals surface area contributed by atoms with E-state index in [9.17, 15) is 0 Å². The van der Waals surface area contributed by atoms with Crippen molar-refractivity contribution >= 4 is 0 Å². The van der Waals surface area contributed by atoms with Crippen molar-refractivity contribution in [3.05, 3.63) is 0 Å². The molecule has 0 aromatic rings. The summed E-state index contributed by atoms with van der Waals surface area (Å²) in [7, 11) is 0. The molecule has 0 saturated carbocycles. The average molecular weight is 322 g/mol. The van der Waals surface area contributed by atoms with Crippen molar-refractivity contribution in [1.82, 2.24) is 0 Å². The molecule has 0 heterocycles. The fourth-order valence-electron chi connectivity index (χ4n) is 1.85. The minimum atomic E-state index is 0. The molecular weight excluding hydrogens is 284 g/mol. The summed E-state index contributed by atoms with van der Waals surface area (Å²) in [4.78, 5) is 0. The maximum Gasteiger partial charge on any atom is 0 e. The Labute approximate surface area is 132 Å². The summed E-state index contributed by atoms with van der Waals surface area (Å²) in [6, 6.07) is 0. The van der Waals surface area contributed by atoms with Gasteiger partial charge in [-0.05, 0) is 25.9 Å². The molecule has 19 heavy (non-hydrogen) atoms. The standard InChI is InChI=1S/2C8H19N.Cu/c2*1-2-3-4-5-6-7-8-9;/h2*2-9H2,1H3;. The SMILES string of the molecule is CCCCCCCCN.CCCCCCCCN.[Cu]. The van der Waals surface area contributed by atoms with Gasteiger partial charge in [0.05, 0.1) is 0 Å². The molecule has 0 spiro atoms. The molecule has 0 fully saturated rings. The molecule has 0 bridgehead atoms. The third kappa shape index (κ3) is 32.2. The molecule has 4 N–H and O–H groups in total. The fraction of sp³-hybridized carbons (Fsp3) is 1.00. The first-order chi connectivity index (χ1) is 8.83. The van der Waals surface area contributed by atoms with Crippen LogP contribution >= 0.6 is 0 Å². The van der Waals surface area contributed by atoms with Gasteiger partial charge in [0.25, 0.3) is 0 Å². The van der Waals surface area contributed by atoms with Crippen LogP contribution in [0.15, 0.2) is 0 Å². The molecule has 3 heteroatoms. The summed E-state index contributed by atoms with van der Waals surface area (Å²) >= 11 is 0. The third-order valence-corrected chi connectivity index (χ3v) is 3.12. The van der Waals surface area contributed by atoms with Crippen LogP contribution in [-0.2, 0) is 17.1 Å². The van der Waals surface area contributed by atoms with E-state index < -0.39 is 0 Å². The molecule has 1 radical (unpaired) electrons. The second kappa shape index (κ2) is 26.9. The van der Waals surface area contributed by atoms with Crippen LogP contribution in [0.4, 0.5) is 0 Å². The molecular formula is C16H38CuN2. The summed E-state index contributed by atoms with van der Waals surface area (Å²) < 4.78 is 0.